The highest BCUT2D eigenvalue weighted by molar-refractivity contribution is 7.22. The number of aromatic nitrogens is 1. The van der Waals surface area contributed by atoms with Gasteiger partial charge in [0.1, 0.15) is 11.8 Å². The van der Waals surface area contributed by atoms with Crippen LogP contribution >= 0.6 is 34.5 Å². The molecule has 1 aromatic carbocycles. The van der Waals surface area contributed by atoms with Gasteiger partial charge < -0.3 is 10.1 Å². The monoisotopic (exact) mass is 349 g/mol. The van der Waals surface area contributed by atoms with Crippen LogP contribution in [0.2, 0.25) is 10.0 Å². The molecule has 0 aliphatic rings. The van der Waals surface area contributed by atoms with Crippen LogP contribution in [0.25, 0.3) is 10.2 Å². The molecule has 0 fully saturated rings. The van der Waals surface area contributed by atoms with Crippen molar-refractivity contribution in [2.75, 3.05) is 12.4 Å². The van der Waals surface area contributed by atoms with Crippen molar-refractivity contribution in [2.24, 2.45) is 0 Å². The van der Waals surface area contributed by atoms with Crippen molar-refractivity contribution in [1.29, 1.82) is 5.26 Å². The Hall–Kier alpha value is -2.00. The number of benzene rings is 1. The third-order valence-electron chi connectivity index (χ3n) is 3.00. The summed E-state index contributed by atoms with van der Waals surface area (Å²) in [5, 5.41) is 14.0. The highest BCUT2D eigenvalue weighted by Crippen LogP contribution is 2.38. The van der Waals surface area contributed by atoms with Crippen LogP contribution in [-0.2, 0) is 0 Å². The van der Waals surface area contributed by atoms with Crippen molar-refractivity contribution >= 4 is 55.4 Å². The first-order chi connectivity index (χ1) is 10.6. The molecule has 0 atom stereocenters. The normalized spacial score (nSPS) is 10.5. The highest BCUT2D eigenvalue weighted by atomic mass is 35.5. The molecule has 0 bridgehead atoms. The molecule has 4 nitrogen and oxygen atoms in total. The molecule has 3 rings (SSSR count). The van der Waals surface area contributed by atoms with Crippen molar-refractivity contribution in [2.45, 2.75) is 0 Å². The molecule has 0 aliphatic carbocycles. The van der Waals surface area contributed by atoms with E-state index in [-0.39, 0.29) is 0 Å². The average Bonchev–Trinajstić information content (AvgIpc) is 2.91. The molecule has 0 saturated heterocycles. The zero-order valence-corrected chi connectivity index (χ0v) is 13.7. The molecule has 0 radical (unpaired) electrons. The van der Waals surface area contributed by atoms with Crippen LogP contribution in [0.3, 0.4) is 0 Å². The Morgan fingerprint density at radius 2 is 2.05 bits per heavy atom. The van der Waals surface area contributed by atoms with Gasteiger partial charge in [-0.25, -0.2) is 0 Å². The standard InChI is InChI=1S/C15H9Cl2N3OS/c1-21-13-4-11(9(16)3-10(13)17)20-15-5-12-14(22-15)2-8(6-18)7-19-12/h2-5,7,20H,1H3. The second-order valence-corrected chi connectivity index (χ2v) is 6.32. The second kappa shape index (κ2) is 6.01. The average molecular weight is 350 g/mol. The van der Waals surface area contributed by atoms with E-state index in [4.69, 9.17) is 33.2 Å². The van der Waals surface area contributed by atoms with Gasteiger partial charge in [-0.15, -0.1) is 11.3 Å². The number of anilines is 2. The van der Waals surface area contributed by atoms with Crippen molar-refractivity contribution in [3.63, 3.8) is 0 Å². The van der Waals surface area contributed by atoms with Gasteiger partial charge in [0, 0.05) is 12.3 Å². The Morgan fingerprint density at radius 3 is 2.77 bits per heavy atom. The molecule has 0 saturated carbocycles. The number of methoxy groups -OCH3 is 1. The van der Waals surface area contributed by atoms with Crippen molar-refractivity contribution in [3.8, 4) is 11.8 Å². The number of thiophene rings is 1. The van der Waals surface area contributed by atoms with Gasteiger partial charge in [0.2, 0.25) is 0 Å². The van der Waals surface area contributed by atoms with E-state index in [0.717, 1.165) is 15.2 Å². The van der Waals surface area contributed by atoms with E-state index < -0.39 is 0 Å². The van der Waals surface area contributed by atoms with E-state index in [1.54, 1.807) is 25.4 Å². The number of halogens is 2. The van der Waals surface area contributed by atoms with Gasteiger partial charge in [-0.05, 0) is 18.2 Å². The number of hydrogen-bond acceptors (Lipinski definition) is 5. The van der Waals surface area contributed by atoms with E-state index in [0.29, 0.717) is 27.0 Å². The molecule has 0 amide bonds. The lowest BCUT2D eigenvalue weighted by atomic mass is 10.3. The maximum Gasteiger partial charge on any atom is 0.139 e. The largest absolute Gasteiger partial charge is 0.495 e. The maximum absolute atomic E-state index is 8.91. The fraction of sp³-hybridized carbons (Fsp3) is 0.0667. The fourth-order valence-corrected chi connectivity index (χ4v) is 3.43. The van der Waals surface area contributed by atoms with Gasteiger partial charge in [-0.3, -0.25) is 4.98 Å². The van der Waals surface area contributed by atoms with Gasteiger partial charge in [-0.1, -0.05) is 23.2 Å². The van der Waals surface area contributed by atoms with Crippen LogP contribution in [0.1, 0.15) is 5.56 Å². The third-order valence-corrected chi connectivity index (χ3v) is 4.59. The summed E-state index contributed by atoms with van der Waals surface area (Å²) in [6.45, 7) is 0. The lowest BCUT2D eigenvalue weighted by Crippen LogP contribution is -1.91. The SMILES string of the molecule is COc1cc(Nc2cc3ncc(C#N)cc3s2)c(Cl)cc1Cl. The lowest BCUT2D eigenvalue weighted by molar-refractivity contribution is 0.415. The highest BCUT2D eigenvalue weighted by Gasteiger charge is 2.10. The van der Waals surface area contributed by atoms with Crippen LogP contribution < -0.4 is 10.1 Å². The summed E-state index contributed by atoms with van der Waals surface area (Å²) >= 11 is 13.7. The van der Waals surface area contributed by atoms with Gasteiger partial charge in [0.05, 0.1) is 43.6 Å². The van der Waals surface area contributed by atoms with Crippen molar-refractivity contribution in [1.82, 2.24) is 4.98 Å². The Bertz CT molecular complexity index is 902. The molecule has 0 spiro atoms. The molecule has 2 aromatic heterocycles. The van der Waals surface area contributed by atoms with E-state index in [1.807, 2.05) is 12.1 Å². The number of nitrogens with one attached hydrogen (secondary N) is 1. The van der Waals surface area contributed by atoms with Crippen LogP contribution in [0.15, 0.2) is 30.5 Å². The van der Waals surface area contributed by atoms with Gasteiger partial charge in [-0.2, -0.15) is 5.26 Å². The van der Waals surface area contributed by atoms with E-state index in [9.17, 15) is 0 Å². The topological polar surface area (TPSA) is 57.9 Å². The molecular formula is C15H9Cl2N3OS. The Morgan fingerprint density at radius 1 is 1.23 bits per heavy atom. The fourth-order valence-electron chi connectivity index (χ4n) is 1.95. The maximum atomic E-state index is 8.91. The van der Waals surface area contributed by atoms with Crippen LogP contribution in [0.5, 0.6) is 5.75 Å². The molecule has 0 aliphatic heterocycles. The third kappa shape index (κ3) is 2.81. The molecule has 7 heteroatoms. The number of fused-ring (bicyclic) bond motifs is 1. The predicted octanol–water partition coefficient (Wildman–Crippen LogP) is 5.23. The first-order valence-electron chi connectivity index (χ1n) is 6.20. The zero-order valence-electron chi connectivity index (χ0n) is 11.4. The molecule has 3 aromatic rings. The van der Waals surface area contributed by atoms with E-state index >= 15 is 0 Å². The Labute approximate surface area is 140 Å². The molecule has 1 N–H and O–H groups in total. The Balaban J connectivity index is 1.98. The number of rotatable bonds is 3. The zero-order chi connectivity index (χ0) is 15.7. The molecule has 110 valence electrons. The number of pyridine rings is 1. The summed E-state index contributed by atoms with van der Waals surface area (Å²) in [7, 11) is 1.55. The summed E-state index contributed by atoms with van der Waals surface area (Å²) < 4.78 is 6.12. The smallest absolute Gasteiger partial charge is 0.139 e. The van der Waals surface area contributed by atoms with Crippen molar-refractivity contribution < 1.29 is 4.74 Å². The molecule has 22 heavy (non-hydrogen) atoms. The molecular weight excluding hydrogens is 341 g/mol. The minimum absolute atomic E-state index is 0.453. The minimum atomic E-state index is 0.453. The molecule has 0 unspecified atom stereocenters. The van der Waals surface area contributed by atoms with E-state index in [2.05, 4.69) is 16.4 Å². The first kappa shape index (κ1) is 14.9. The summed E-state index contributed by atoms with van der Waals surface area (Å²) in [5.74, 6) is 0.541. The molecule has 2 heterocycles. The number of nitriles is 1. The summed E-state index contributed by atoms with van der Waals surface area (Å²) in [6.07, 6.45) is 1.55. The van der Waals surface area contributed by atoms with Gasteiger partial charge in [0.25, 0.3) is 0 Å². The van der Waals surface area contributed by atoms with Crippen LogP contribution in [0.4, 0.5) is 10.7 Å². The van der Waals surface area contributed by atoms with Crippen LogP contribution in [-0.4, -0.2) is 12.1 Å². The lowest BCUT2D eigenvalue weighted by Gasteiger charge is -2.10. The first-order valence-corrected chi connectivity index (χ1v) is 7.77. The number of nitrogens with zero attached hydrogens (tertiary/aromatic N) is 2. The Kier molecular flexibility index (Phi) is 4.08. The predicted molar refractivity (Wildman–Crippen MR) is 90.6 cm³/mol. The summed E-state index contributed by atoms with van der Waals surface area (Å²) in [6, 6.07) is 9.16. The second-order valence-electron chi connectivity index (χ2n) is 4.42. The number of hydrogen-bond donors (Lipinski definition) is 1. The minimum Gasteiger partial charge on any atom is -0.495 e. The van der Waals surface area contributed by atoms with Crippen molar-refractivity contribution in [3.05, 3.63) is 46.1 Å². The summed E-state index contributed by atoms with van der Waals surface area (Å²) in [5.41, 5.74) is 2.05. The van der Waals surface area contributed by atoms with Gasteiger partial charge in [0.15, 0.2) is 0 Å². The van der Waals surface area contributed by atoms with Crippen LogP contribution in [0, 0.1) is 11.3 Å². The number of ether oxygens (including phenoxy) is 1. The van der Waals surface area contributed by atoms with Gasteiger partial charge >= 0.3 is 0 Å². The summed E-state index contributed by atoms with van der Waals surface area (Å²) in [4.78, 5) is 4.25. The quantitative estimate of drug-likeness (QED) is 0.703. The van der Waals surface area contributed by atoms with E-state index in [1.165, 1.54) is 11.3 Å².